The van der Waals surface area contributed by atoms with Crippen LogP contribution in [0.1, 0.15) is 23.2 Å². The maximum absolute atomic E-state index is 11.5. The van der Waals surface area contributed by atoms with Crippen LogP contribution in [0.25, 0.3) is 0 Å². The number of hydrogen-bond donors (Lipinski definition) is 0. The SMILES string of the molecule is COCCC(=O)CC(=O)c1cccnc1. The summed E-state index contributed by atoms with van der Waals surface area (Å²) < 4.78 is 4.76. The highest BCUT2D eigenvalue weighted by molar-refractivity contribution is 6.07. The monoisotopic (exact) mass is 207 g/mol. The molecule has 0 fully saturated rings. The molecule has 1 aromatic heterocycles. The summed E-state index contributed by atoms with van der Waals surface area (Å²) in [6.07, 6.45) is 3.26. The summed E-state index contributed by atoms with van der Waals surface area (Å²) in [4.78, 5) is 26.6. The number of ketones is 2. The van der Waals surface area contributed by atoms with E-state index in [0.29, 0.717) is 12.2 Å². The van der Waals surface area contributed by atoms with Gasteiger partial charge in [-0.2, -0.15) is 0 Å². The molecule has 80 valence electrons. The van der Waals surface area contributed by atoms with Crippen molar-refractivity contribution in [1.82, 2.24) is 4.98 Å². The molecule has 0 aliphatic rings. The highest BCUT2D eigenvalue weighted by Gasteiger charge is 2.11. The van der Waals surface area contributed by atoms with E-state index in [1.807, 2.05) is 0 Å². The number of pyridine rings is 1. The molecule has 4 heteroatoms. The molecule has 0 aromatic carbocycles. The summed E-state index contributed by atoms with van der Waals surface area (Å²) in [5, 5.41) is 0. The fraction of sp³-hybridized carbons (Fsp3) is 0.364. The minimum absolute atomic E-state index is 0.0744. The average molecular weight is 207 g/mol. The number of rotatable bonds is 6. The first-order chi connectivity index (χ1) is 7.24. The smallest absolute Gasteiger partial charge is 0.171 e. The van der Waals surface area contributed by atoms with Gasteiger partial charge in [0.1, 0.15) is 5.78 Å². The number of aromatic nitrogens is 1. The maximum Gasteiger partial charge on any atom is 0.171 e. The molecular formula is C11H13NO3. The maximum atomic E-state index is 11.5. The van der Waals surface area contributed by atoms with E-state index in [1.165, 1.54) is 13.3 Å². The zero-order chi connectivity index (χ0) is 11.1. The molecule has 0 radical (unpaired) electrons. The Bertz CT molecular complexity index is 335. The van der Waals surface area contributed by atoms with Gasteiger partial charge in [0.05, 0.1) is 13.0 Å². The third-order valence-electron chi connectivity index (χ3n) is 1.93. The van der Waals surface area contributed by atoms with Crippen LogP contribution < -0.4 is 0 Å². The van der Waals surface area contributed by atoms with Crippen LogP contribution in [0, 0.1) is 0 Å². The van der Waals surface area contributed by atoms with Crippen molar-refractivity contribution in [3.05, 3.63) is 30.1 Å². The molecule has 0 aliphatic carbocycles. The molecule has 0 saturated heterocycles. The lowest BCUT2D eigenvalue weighted by molar-refractivity contribution is -0.119. The molecule has 1 heterocycles. The molecule has 4 nitrogen and oxygen atoms in total. The van der Waals surface area contributed by atoms with Crippen molar-refractivity contribution in [2.45, 2.75) is 12.8 Å². The summed E-state index contributed by atoms with van der Waals surface area (Å²) in [6.45, 7) is 0.360. The summed E-state index contributed by atoms with van der Waals surface area (Å²) in [7, 11) is 1.52. The second-order valence-corrected chi connectivity index (χ2v) is 3.12. The topological polar surface area (TPSA) is 56.3 Å². The fourth-order valence-corrected chi connectivity index (χ4v) is 1.11. The van der Waals surface area contributed by atoms with Crippen LogP contribution >= 0.6 is 0 Å². The van der Waals surface area contributed by atoms with Crippen molar-refractivity contribution < 1.29 is 14.3 Å². The van der Waals surface area contributed by atoms with Gasteiger partial charge in [0, 0.05) is 31.5 Å². The molecule has 0 saturated carbocycles. The highest BCUT2D eigenvalue weighted by atomic mass is 16.5. The van der Waals surface area contributed by atoms with Gasteiger partial charge in [-0.3, -0.25) is 14.6 Å². The predicted octanol–water partition coefficient (Wildman–Crippen LogP) is 1.26. The number of Topliss-reactive ketones (excluding diaryl/α,β-unsaturated/α-hetero) is 2. The molecule has 1 aromatic rings. The quantitative estimate of drug-likeness (QED) is 0.520. The second kappa shape index (κ2) is 6.03. The van der Waals surface area contributed by atoms with Gasteiger partial charge in [-0.15, -0.1) is 0 Å². The lowest BCUT2D eigenvalue weighted by Crippen LogP contribution is -2.10. The van der Waals surface area contributed by atoms with Crippen molar-refractivity contribution in [2.75, 3.05) is 13.7 Å². The van der Waals surface area contributed by atoms with Crippen LogP contribution in [-0.2, 0) is 9.53 Å². The first kappa shape index (κ1) is 11.5. The average Bonchev–Trinajstić information content (AvgIpc) is 2.27. The lowest BCUT2D eigenvalue weighted by Gasteiger charge is -1.99. The molecule has 0 bridgehead atoms. The summed E-state index contributed by atoms with van der Waals surface area (Å²) in [6, 6.07) is 3.33. The number of nitrogens with zero attached hydrogens (tertiary/aromatic N) is 1. The zero-order valence-corrected chi connectivity index (χ0v) is 8.60. The first-order valence-electron chi connectivity index (χ1n) is 4.68. The number of methoxy groups -OCH3 is 1. The third-order valence-corrected chi connectivity index (χ3v) is 1.93. The molecule has 0 atom stereocenters. The number of ether oxygens (including phenoxy) is 1. The minimum atomic E-state index is -0.191. The predicted molar refractivity (Wildman–Crippen MR) is 54.7 cm³/mol. The minimum Gasteiger partial charge on any atom is -0.384 e. The third kappa shape index (κ3) is 3.99. The van der Waals surface area contributed by atoms with Crippen LogP contribution in [0.4, 0.5) is 0 Å². The Morgan fingerprint density at radius 1 is 1.47 bits per heavy atom. The van der Waals surface area contributed by atoms with Crippen molar-refractivity contribution in [2.24, 2.45) is 0 Å². The van der Waals surface area contributed by atoms with E-state index in [2.05, 4.69) is 4.98 Å². The van der Waals surface area contributed by atoms with Crippen molar-refractivity contribution in [3.63, 3.8) is 0 Å². The number of carbonyl (C=O) groups excluding carboxylic acids is 2. The number of carbonyl (C=O) groups is 2. The number of hydrogen-bond acceptors (Lipinski definition) is 4. The molecule has 15 heavy (non-hydrogen) atoms. The highest BCUT2D eigenvalue weighted by Crippen LogP contribution is 2.02. The summed E-state index contributed by atoms with van der Waals surface area (Å²) >= 11 is 0. The van der Waals surface area contributed by atoms with E-state index >= 15 is 0 Å². The largest absolute Gasteiger partial charge is 0.384 e. The molecular weight excluding hydrogens is 194 g/mol. The Labute approximate surface area is 88.3 Å². The van der Waals surface area contributed by atoms with Crippen LogP contribution in [0.15, 0.2) is 24.5 Å². The second-order valence-electron chi connectivity index (χ2n) is 3.12. The Balaban J connectivity index is 2.46. The Morgan fingerprint density at radius 3 is 2.87 bits per heavy atom. The van der Waals surface area contributed by atoms with Gasteiger partial charge in [0.2, 0.25) is 0 Å². The zero-order valence-electron chi connectivity index (χ0n) is 8.60. The first-order valence-corrected chi connectivity index (χ1v) is 4.68. The standard InChI is InChI=1S/C11H13NO3/c1-15-6-4-10(13)7-11(14)9-3-2-5-12-8-9/h2-3,5,8H,4,6-7H2,1H3. The molecule has 0 unspecified atom stereocenters. The fourth-order valence-electron chi connectivity index (χ4n) is 1.11. The summed E-state index contributed by atoms with van der Waals surface area (Å²) in [5.74, 6) is -0.296. The van der Waals surface area contributed by atoms with Crippen LogP contribution in [0.3, 0.4) is 0 Å². The van der Waals surface area contributed by atoms with Crippen molar-refractivity contribution in [1.29, 1.82) is 0 Å². The molecule has 0 N–H and O–H groups in total. The van der Waals surface area contributed by atoms with Gasteiger partial charge >= 0.3 is 0 Å². The van der Waals surface area contributed by atoms with E-state index in [9.17, 15) is 9.59 Å². The molecule has 1 rings (SSSR count). The Morgan fingerprint density at radius 2 is 2.27 bits per heavy atom. The molecule has 0 amide bonds. The van der Waals surface area contributed by atoms with Gasteiger partial charge in [0.15, 0.2) is 5.78 Å². The van der Waals surface area contributed by atoms with Crippen molar-refractivity contribution >= 4 is 11.6 Å². The van der Waals surface area contributed by atoms with E-state index in [-0.39, 0.29) is 24.4 Å². The van der Waals surface area contributed by atoms with E-state index < -0.39 is 0 Å². The van der Waals surface area contributed by atoms with Crippen LogP contribution in [-0.4, -0.2) is 30.3 Å². The normalized spacial score (nSPS) is 9.93. The van der Waals surface area contributed by atoms with E-state index in [4.69, 9.17) is 4.74 Å². The van der Waals surface area contributed by atoms with Crippen molar-refractivity contribution in [3.8, 4) is 0 Å². The van der Waals surface area contributed by atoms with Gasteiger partial charge in [0.25, 0.3) is 0 Å². The Hall–Kier alpha value is -1.55. The Kier molecular flexibility index (Phi) is 4.63. The summed E-state index contributed by atoms with van der Waals surface area (Å²) in [5.41, 5.74) is 0.475. The van der Waals surface area contributed by atoms with E-state index in [0.717, 1.165) is 0 Å². The van der Waals surface area contributed by atoms with Crippen LogP contribution in [0.2, 0.25) is 0 Å². The van der Waals surface area contributed by atoms with E-state index in [1.54, 1.807) is 18.3 Å². The van der Waals surface area contributed by atoms with Gasteiger partial charge < -0.3 is 4.74 Å². The molecule has 0 spiro atoms. The molecule has 0 aliphatic heterocycles. The van der Waals surface area contributed by atoms with Gasteiger partial charge in [-0.1, -0.05) is 0 Å². The van der Waals surface area contributed by atoms with Gasteiger partial charge in [-0.25, -0.2) is 0 Å². The lowest BCUT2D eigenvalue weighted by atomic mass is 10.1. The van der Waals surface area contributed by atoms with Crippen LogP contribution in [0.5, 0.6) is 0 Å². The van der Waals surface area contributed by atoms with Gasteiger partial charge in [-0.05, 0) is 12.1 Å².